The second kappa shape index (κ2) is 9.26. The molecule has 1 atom stereocenters. The maximum absolute atomic E-state index is 13.3. The number of halogens is 2. The van der Waals surface area contributed by atoms with E-state index in [1.165, 1.54) is 17.7 Å². The minimum Gasteiger partial charge on any atom is -0.379 e. The number of nitrogens with one attached hydrogen (secondary N) is 1. The Balaban J connectivity index is 1.50. The van der Waals surface area contributed by atoms with Gasteiger partial charge in [0, 0.05) is 32.2 Å². The molecule has 0 bridgehead atoms. The smallest absolute Gasteiger partial charge is 0.255 e. The highest BCUT2D eigenvalue weighted by molar-refractivity contribution is 5.86. The van der Waals surface area contributed by atoms with Crippen LogP contribution in [0.15, 0.2) is 48.5 Å². The number of carbonyl (C=O) groups excluding carboxylic acids is 1. The van der Waals surface area contributed by atoms with Gasteiger partial charge in [-0.25, -0.2) is 8.78 Å². The highest BCUT2D eigenvalue weighted by Crippen LogP contribution is 2.23. The number of nitrogens with zero attached hydrogens (tertiary/aromatic N) is 1. The fourth-order valence-corrected chi connectivity index (χ4v) is 3.69. The first-order valence-corrected chi connectivity index (χ1v) is 9.68. The number of amides is 1. The second-order valence-electron chi connectivity index (χ2n) is 7.40. The van der Waals surface area contributed by atoms with Crippen LogP contribution >= 0.6 is 0 Å². The lowest BCUT2D eigenvalue weighted by Crippen LogP contribution is -2.58. The maximum atomic E-state index is 13.3. The summed E-state index contributed by atoms with van der Waals surface area (Å²) in [5, 5.41) is 13.8. The molecule has 2 aromatic carbocycles. The van der Waals surface area contributed by atoms with E-state index >= 15 is 0 Å². The molecule has 1 amide bonds. The van der Waals surface area contributed by atoms with Crippen molar-refractivity contribution in [1.82, 2.24) is 10.2 Å². The van der Waals surface area contributed by atoms with Crippen LogP contribution in [0.25, 0.3) is 0 Å². The van der Waals surface area contributed by atoms with Gasteiger partial charge < -0.3 is 15.3 Å². The molecule has 2 N–H and O–H groups in total. The van der Waals surface area contributed by atoms with Gasteiger partial charge in [-0.1, -0.05) is 30.3 Å². The van der Waals surface area contributed by atoms with Crippen molar-refractivity contribution >= 4 is 5.91 Å². The van der Waals surface area contributed by atoms with Crippen LogP contribution in [0.1, 0.15) is 30.4 Å². The predicted octanol–water partition coefficient (Wildman–Crippen LogP) is 3.04. The standard InChI is InChI=1S/C22H26F2N2O2/c23-19-12-18(13-20(24)14-19)15-25-16-22(28)9-5-11-26(21(22)27)10-4-8-17-6-2-1-3-7-17/h1-3,6-7,12-14,25,28H,4-5,8-11,15-16H2/t22-/m1/s1. The van der Waals surface area contributed by atoms with E-state index in [1.807, 2.05) is 18.2 Å². The van der Waals surface area contributed by atoms with Crippen molar-refractivity contribution in [3.8, 4) is 0 Å². The number of hydrogen-bond donors (Lipinski definition) is 2. The molecule has 0 radical (unpaired) electrons. The maximum Gasteiger partial charge on any atom is 0.255 e. The average molecular weight is 388 g/mol. The molecule has 1 fully saturated rings. The lowest BCUT2D eigenvalue weighted by Gasteiger charge is -2.38. The van der Waals surface area contributed by atoms with Crippen LogP contribution in [0, 0.1) is 11.6 Å². The number of likely N-dealkylation sites (tertiary alicyclic amines) is 1. The van der Waals surface area contributed by atoms with Crippen molar-refractivity contribution < 1.29 is 18.7 Å². The van der Waals surface area contributed by atoms with Gasteiger partial charge in [-0.3, -0.25) is 4.79 Å². The van der Waals surface area contributed by atoms with Gasteiger partial charge in [0.2, 0.25) is 0 Å². The molecule has 1 saturated heterocycles. The number of aliphatic hydroxyl groups is 1. The molecule has 150 valence electrons. The van der Waals surface area contributed by atoms with E-state index in [0.717, 1.165) is 25.3 Å². The molecule has 28 heavy (non-hydrogen) atoms. The third-order valence-corrected chi connectivity index (χ3v) is 5.11. The Kier molecular flexibility index (Phi) is 6.75. The van der Waals surface area contributed by atoms with Crippen LogP contribution in [0.5, 0.6) is 0 Å². The normalized spacial score (nSPS) is 19.8. The zero-order valence-electron chi connectivity index (χ0n) is 15.8. The van der Waals surface area contributed by atoms with Crippen molar-refractivity contribution in [1.29, 1.82) is 0 Å². The molecule has 3 rings (SSSR count). The molecule has 6 heteroatoms. The van der Waals surface area contributed by atoms with Crippen LogP contribution < -0.4 is 5.32 Å². The van der Waals surface area contributed by atoms with E-state index in [-0.39, 0.29) is 19.0 Å². The molecule has 0 aromatic heterocycles. The Morgan fingerprint density at radius 2 is 1.79 bits per heavy atom. The van der Waals surface area contributed by atoms with Crippen LogP contribution in [0.3, 0.4) is 0 Å². The molecule has 1 heterocycles. The first-order chi connectivity index (χ1) is 13.5. The molecule has 1 aliphatic rings. The minimum absolute atomic E-state index is 0.0547. The summed E-state index contributed by atoms with van der Waals surface area (Å²) >= 11 is 0. The average Bonchev–Trinajstić information content (AvgIpc) is 2.65. The van der Waals surface area contributed by atoms with E-state index in [4.69, 9.17) is 0 Å². The summed E-state index contributed by atoms with van der Waals surface area (Å²) in [5.41, 5.74) is 0.187. The molecule has 0 saturated carbocycles. The number of hydrogen-bond acceptors (Lipinski definition) is 3. The summed E-state index contributed by atoms with van der Waals surface area (Å²) in [4.78, 5) is 14.5. The first kappa shape index (κ1) is 20.4. The van der Waals surface area contributed by atoms with Crippen molar-refractivity contribution in [3.05, 3.63) is 71.3 Å². The lowest BCUT2D eigenvalue weighted by molar-refractivity contribution is -0.156. The zero-order chi connectivity index (χ0) is 20.0. The molecule has 2 aromatic rings. The van der Waals surface area contributed by atoms with E-state index in [0.29, 0.717) is 25.1 Å². The summed E-state index contributed by atoms with van der Waals surface area (Å²) in [5.74, 6) is -1.56. The van der Waals surface area contributed by atoms with Crippen molar-refractivity contribution in [3.63, 3.8) is 0 Å². The van der Waals surface area contributed by atoms with E-state index < -0.39 is 17.2 Å². The largest absolute Gasteiger partial charge is 0.379 e. The number of aryl methyl sites for hydroxylation is 1. The summed E-state index contributed by atoms with van der Waals surface area (Å²) in [6.07, 6.45) is 2.82. The molecule has 0 aliphatic carbocycles. The van der Waals surface area contributed by atoms with Gasteiger partial charge in [0.15, 0.2) is 5.60 Å². The van der Waals surface area contributed by atoms with Crippen molar-refractivity contribution in [2.45, 2.75) is 37.8 Å². The Hall–Kier alpha value is -2.31. The fraction of sp³-hybridized carbons (Fsp3) is 0.409. The highest BCUT2D eigenvalue weighted by Gasteiger charge is 2.41. The number of benzene rings is 2. The monoisotopic (exact) mass is 388 g/mol. The fourth-order valence-electron chi connectivity index (χ4n) is 3.69. The predicted molar refractivity (Wildman–Crippen MR) is 104 cm³/mol. The SMILES string of the molecule is O=C1N(CCCc2ccccc2)CCC[C@@]1(O)CNCc1cc(F)cc(F)c1. The minimum atomic E-state index is -1.48. The number of rotatable bonds is 8. The van der Waals surface area contributed by atoms with Crippen LogP contribution in [-0.2, 0) is 17.8 Å². The molecular weight excluding hydrogens is 362 g/mol. The first-order valence-electron chi connectivity index (χ1n) is 9.68. The summed E-state index contributed by atoms with van der Waals surface area (Å²) < 4.78 is 26.5. The van der Waals surface area contributed by atoms with Crippen molar-refractivity contribution in [2.75, 3.05) is 19.6 Å². The number of piperidine rings is 1. The van der Waals surface area contributed by atoms with Gasteiger partial charge in [0.1, 0.15) is 11.6 Å². The Bertz CT molecular complexity index is 780. The zero-order valence-corrected chi connectivity index (χ0v) is 15.8. The van der Waals surface area contributed by atoms with Gasteiger partial charge in [0.05, 0.1) is 0 Å². The second-order valence-corrected chi connectivity index (χ2v) is 7.40. The van der Waals surface area contributed by atoms with Gasteiger partial charge in [-0.2, -0.15) is 0 Å². The molecule has 4 nitrogen and oxygen atoms in total. The Labute approximate surface area is 164 Å². The quantitative estimate of drug-likeness (QED) is 0.731. The highest BCUT2D eigenvalue weighted by atomic mass is 19.1. The topological polar surface area (TPSA) is 52.6 Å². The van der Waals surface area contributed by atoms with Crippen molar-refractivity contribution in [2.24, 2.45) is 0 Å². The van der Waals surface area contributed by atoms with Gasteiger partial charge in [0.25, 0.3) is 5.91 Å². The molecule has 1 aliphatic heterocycles. The van der Waals surface area contributed by atoms with Gasteiger partial charge in [-0.15, -0.1) is 0 Å². The molecule has 0 spiro atoms. The van der Waals surface area contributed by atoms with Gasteiger partial charge in [-0.05, 0) is 48.9 Å². The summed E-state index contributed by atoms with van der Waals surface area (Å²) in [6, 6.07) is 13.4. The number of carbonyl (C=O) groups is 1. The van der Waals surface area contributed by atoms with Crippen LogP contribution in [0.2, 0.25) is 0 Å². The van der Waals surface area contributed by atoms with E-state index in [9.17, 15) is 18.7 Å². The third kappa shape index (κ3) is 5.36. The Morgan fingerprint density at radius 1 is 1.07 bits per heavy atom. The van der Waals surface area contributed by atoms with Gasteiger partial charge >= 0.3 is 0 Å². The van der Waals surface area contributed by atoms with E-state index in [1.54, 1.807) is 4.90 Å². The lowest BCUT2D eigenvalue weighted by atomic mass is 9.91. The Morgan fingerprint density at radius 3 is 2.50 bits per heavy atom. The molecule has 0 unspecified atom stereocenters. The third-order valence-electron chi connectivity index (χ3n) is 5.11. The van der Waals surface area contributed by atoms with Crippen LogP contribution in [-0.4, -0.2) is 41.1 Å². The summed E-state index contributed by atoms with van der Waals surface area (Å²) in [7, 11) is 0. The molecular formula is C22H26F2N2O2. The van der Waals surface area contributed by atoms with E-state index in [2.05, 4.69) is 17.4 Å². The summed E-state index contributed by atoms with van der Waals surface area (Å²) in [6.45, 7) is 1.48. The van der Waals surface area contributed by atoms with Crippen LogP contribution in [0.4, 0.5) is 8.78 Å².